The first kappa shape index (κ1) is 14.3. The first-order valence-electron chi connectivity index (χ1n) is 6.54. The molecule has 1 fully saturated rings. The summed E-state index contributed by atoms with van der Waals surface area (Å²) in [6, 6.07) is 6.92. The van der Waals surface area contributed by atoms with E-state index in [4.69, 9.17) is 5.73 Å². The largest absolute Gasteiger partial charge is 0.468 e. The number of anilines is 1. The van der Waals surface area contributed by atoms with Crippen LogP contribution >= 0.6 is 0 Å². The van der Waals surface area contributed by atoms with E-state index in [1.165, 1.54) is 7.11 Å². The third kappa shape index (κ3) is 3.48. The molecule has 0 radical (unpaired) electrons. The van der Waals surface area contributed by atoms with E-state index in [1.54, 1.807) is 29.2 Å². The average molecular weight is 277 g/mol. The Bertz CT molecular complexity index is 479. The third-order valence-electron chi connectivity index (χ3n) is 3.40. The van der Waals surface area contributed by atoms with Crippen LogP contribution in [0.4, 0.5) is 5.69 Å². The lowest BCUT2D eigenvalue weighted by Crippen LogP contribution is -2.50. The molecule has 1 aliphatic rings. The van der Waals surface area contributed by atoms with Crippen LogP contribution in [0, 0.1) is 0 Å². The van der Waals surface area contributed by atoms with Crippen LogP contribution in [0.2, 0.25) is 0 Å². The van der Waals surface area contributed by atoms with Gasteiger partial charge >= 0.3 is 5.97 Å². The van der Waals surface area contributed by atoms with Gasteiger partial charge in [-0.15, -0.1) is 0 Å². The van der Waals surface area contributed by atoms with Crippen molar-refractivity contribution in [3.8, 4) is 0 Å². The number of methoxy groups -OCH3 is 1. The number of carbonyl (C=O) groups is 2. The van der Waals surface area contributed by atoms with Crippen molar-refractivity contribution in [3.05, 3.63) is 29.8 Å². The lowest BCUT2D eigenvalue weighted by atomic mass is 10.1. The minimum absolute atomic E-state index is 0.00252. The molecule has 2 rings (SSSR count). The Kier molecular flexibility index (Phi) is 4.57. The fourth-order valence-corrected chi connectivity index (χ4v) is 2.16. The molecule has 1 aromatic carbocycles. The molecule has 0 bridgehead atoms. The van der Waals surface area contributed by atoms with Gasteiger partial charge in [0.25, 0.3) is 5.91 Å². The summed E-state index contributed by atoms with van der Waals surface area (Å²) in [5, 5.41) is 0. The number of hydrogen-bond acceptors (Lipinski definition) is 5. The van der Waals surface area contributed by atoms with E-state index < -0.39 is 0 Å². The van der Waals surface area contributed by atoms with Crippen molar-refractivity contribution < 1.29 is 14.3 Å². The summed E-state index contributed by atoms with van der Waals surface area (Å²) in [6.07, 6.45) is 0. The van der Waals surface area contributed by atoms with Gasteiger partial charge < -0.3 is 15.4 Å². The van der Waals surface area contributed by atoms with E-state index in [9.17, 15) is 9.59 Å². The Morgan fingerprint density at radius 3 is 2.30 bits per heavy atom. The van der Waals surface area contributed by atoms with E-state index >= 15 is 0 Å². The van der Waals surface area contributed by atoms with Crippen molar-refractivity contribution in [2.24, 2.45) is 0 Å². The Morgan fingerprint density at radius 1 is 1.15 bits per heavy atom. The van der Waals surface area contributed by atoms with E-state index in [0.29, 0.717) is 37.4 Å². The van der Waals surface area contributed by atoms with Crippen LogP contribution in [-0.4, -0.2) is 61.5 Å². The number of esters is 1. The topological polar surface area (TPSA) is 75.9 Å². The quantitative estimate of drug-likeness (QED) is 0.631. The van der Waals surface area contributed by atoms with Crippen LogP contribution in [0.3, 0.4) is 0 Å². The van der Waals surface area contributed by atoms with Gasteiger partial charge in [-0.25, -0.2) is 0 Å². The van der Waals surface area contributed by atoms with Gasteiger partial charge in [0.15, 0.2) is 0 Å². The second kappa shape index (κ2) is 6.38. The molecule has 6 nitrogen and oxygen atoms in total. The smallest absolute Gasteiger partial charge is 0.319 e. The molecule has 0 aliphatic carbocycles. The number of nitrogens with zero attached hydrogens (tertiary/aromatic N) is 2. The summed E-state index contributed by atoms with van der Waals surface area (Å²) < 4.78 is 4.63. The maximum atomic E-state index is 12.3. The molecular formula is C14H19N3O3. The Hall–Kier alpha value is -2.08. The highest BCUT2D eigenvalue weighted by Gasteiger charge is 2.23. The second-order valence-electron chi connectivity index (χ2n) is 4.77. The lowest BCUT2D eigenvalue weighted by Gasteiger charge is -2.34. The first-order chi connectivity index (χ1) is 9.60. The maximum Gasteiger partial charge on any atom is 0.319 e. The molecule has 0 atom stereocenters. The monoisotopic (exact) mass is 277 g/mol. The first-order valence-corrected chi connectivity index (χ1v) is 6.54. The molecule has 1 aromatic rings. The Labute approximate surface area is 118 Å². The van der Waals surface area contributed by atoms with Crippen molar-refractivity contribution in [2.75, 3.05) is 45.6 Å². The number of hydrogen-bond donors (Lipinski definition) is 1. The molecule has 2 N–H and O–H groups in total. The van der Waals surface area contributed by atoms with Crippen molar-refractivity contribution in [2.45, 2.75) is 0 Å². The number of nitrogens with two attached hydrogens (primary N) is 1. The zero-order chi connectivity index (χ0) is 14.5. The van der Waals surface area contributed by atoms with Crippen LogP contribution < -0.4 is 5.73 Å². The van der Waals surface area contributed by atoms with E-state index in [0.717, 1.165) is 0 Å². The summed E-state index contributed by atoms with van der Waals surface area (Å²) in [5.41, 5.74) is 6.89. The maximum absolute atomic E-state index is 12.3. The van der Waals surface area contributed by atoms with Crippen LogP contribution in [0.5, 0.6) is 0 Å². The molecule has 20 heavy (non-hydrogen) atoms. The number of carbonyl (C=O) groups excluding carboxylic acids is 2. The minimum Gasteiger partial charge on any atom is -0.468 e. The lowest BCUT2D eigenvalue weighted by molar-refractivity contribution is -0.142. The van der Waals surface area contributed by atoms with Gasteiger partial charge in [-0.3, -0.25) is 14.5 Å². The summed E-state index contributed by atoms with van der Waals surface area (Å²) in [4.78, 5) is 27.2. The van der Waals surface area contributed by atoms with Gasteiger partial charge in [-0.2, -0.15) is 0 Å². The highest BCUT2D eigenvalue weighted by molar-refractivity contribution is 5.94. The van der Waals surface area contributed by atoms with Crippen LogP contribution in [0.15, 0.2) is 24.3 Å². The van der Waals surface area contributed by atoms with Crippen molar-refractivity contribution >= 4 is 17.6 Å². The third-order valence-corrected chi connectivity index (χ3v) is 3.40. The molecule has 0 spiro atoms. The number of amides is 1. The van der Waals surface area contributed by atoms with Gasteiger partial charge in [0.2, 0.25) is 0 Å². The fourth-order valence-electron chi connectivity index (χ4n) is 2.16. The van der Waals surface area contributed by atoms with Crippen molar-refractivity contribution in [3.63, 3.8) is 0 Å². The predicted octanol–water partition coefficient (Wildman–Crippen LogP) is 0.200. The molecule has 1 heterocycles. The van der Waals surface area contributed by atoms with Crippen LogP contribution in [0.25, 0.3) is 0 Å². The number of rotatable bonds is 3. The molecule has 1 aliphatic heterocycles. The molecular weight excluding hydrogens is 258 g/mol. The highest BCUT2D eigenvalue weighted by atomic mass is 16.5. The molecule has 0 saturated carbocycles. The molecule has 108 valence electrons. The average Bonchev–Trinajstić information content (AvgIpc) is 2.48. The zero-order valence-corrected chi connectivity index (χ0v) is 11.5. The van der Waals surface area contributed by atoms with Crippen LogP contribution in [-0.2, 0) is 9.53 Å². The zero-order valence-electron chi connectivity index (χ0n) is 11.5. The van der Waals surface area contributed by atoms with E-state index in [2.05, 4.69) is 4.74 Å². The summed E-state index contributed by atoms with van der Waals surface area (Å²) in [7, 11) is 1.38. The van der Waals surface area contributed by atoms with E-state index in [-0.39, 0.29) is 18.4 Å². The molecule has 0 aromatic heterocycles. The Balaban J connectivity index is 1.88. The summed E-state index contributed by atoms with van der Waals surface area (Å²) in [5.74, 6) is -0.244. The van der Waals surface area contributed by atoms with Gasteiger partial charge in [0.1, 0.15) is 0 Å². The second-order valence-corrected chi connectivity index (χ2v) is 4.77. The van der Waals surface area contributed by atoms with Gasteiger partial charge in [0, 0.05) is 37.4 Å². The Morgan fingerprint density at radius 2 is 1.75 bits per heavy atom. The number of ether oxygens (including phenoxy) is 1. The molecule has 1 amide bonds. The predicted molar refractivity (Wildman–Crippen MR) is 75.2 cm³/mol. The van der Waals surface area contributed by atoms with Gasteiger partial charge in [-0.05, 0) is 24.3 Å². The standard InChI is InChI=1S/C14H19N3O3/c1-20-13(18)10-16-6-8-17(9-7-16)14(19)11-2-4-12(15)5-3-11/h2-5H,6-10,15H2,1H3. The van der Waals surface area contributed by atoms with Gasteiger partial charge in [0.05, 0.1) is 13.7 Å². The molecule has 6 heteroatoms. The highest BCUT2D eigenvalue weighted by Crippen LogP contribution is 2.11. The number of piperazine rings is 1. The van der Waals surface area contributed by atoms with E-state index in [1.807, 2.05) is 4.90 Å². The fraction of sp³-hybridized carbons (Fsp3) is 0.429. The normalized spacial score (nSPS) is 15.9. The molecule has 1 saturated heterocycles. The van der Waals surface area contributed by atoms with Crippen molar-refractivity contribution in [1.82, 2.24) is 9.80 Å². The SMILES string of the molecule is COC(=O)CN1CCN(C(=O)c2ccc(N)cc2)CC1. The van der Waals surface area contributed by atoms with Crippen molar-refractivity contribution in [1.29, 1.82) is 0 Å². The summed E-state index contributed by atoms with van der Waals surface area (Å²) in [6.45, 7) is 2.85. The number of nitrogen functional groups attached to an aromatic ring is 1. The summed E-state index contributed by atoms with van der Waals surface area (Å²) >= 11 is 0. The number of benzene rings is 1. The minimum atomic E-state index is -0.247. The molecule has 0 unspecified atom stereocenters. The van der Waals surface area contributed by atoms with Gasteiger partial charge in [-0.1, -0.05) is 0 Å². The van der Waals surface area contributed by atoms with Crippen LogP contribution in [0.1, 0.15) is 10.4 Å².